The smallest absolute Gasteiger partial charge is 0.262 e. The Labute approximate surface area is 214 Å². The molecule has 5 rings (SSSR count). The second-order valence-corrected chi connectivity index (χ2v) is 10.2. The molecule has 0 spiro atoms. The molecule has 0 radical (unpaired) electrons. The zero-order chi connectivity index (χ0) is 26.3. The third kappa shape index (κ3) is 4.58. The van der Waals surface area contributed by atoms with Crippen LogP contribution in [0.3, 0.4) is 0 Å². The maximum absolute atomic E-state index is 13.1. The minimum Gasteiger partial charge on any atom is -0.371 e. The number of carbonyl (C=O) groups excluding carboxylic acids is 6. The van der Waals surface area contributed by atoms with E-state index in [0.29, 0.717) is 51.9 Å². The molecule has 0 aliphatic carbocycles. The van der Waals surface area contributed by atoms with Crippen LogP contribution in [0.4, 0.5) is 5.69 Å². The van der Waals surface area contributed by atoms with Crippen molar-refractivity contribution in [3.8, 4) is 0 Å². The summed E-state index contributed by atoms with van der Waals surface area (Å²) in [6, 6.07) is 4.11. The van der Waals surface area contributed by atoms with E-state index in [1.165, 1.54) is 0 Å². The van der Waals surface area contributed by atoms with Crippen LogP contribution in [0.1, 0.15) is 59.2 Å². The topological polar surface area (TPSA) is 136 Å². The van der Waals surface area contributed by atoms with Crippen LogP contribution in [-0.2, 0) is 19.2 Å². The molecular weight excluding hydrogens is 478 g/mol. The third-order valence-electron chi connectivity index (χ3n) is 8.06. The van der Waals surface area contributed by atoms with Crippen LogP contribution in [0.5, 0.6) is 0 Å². The predicted octanol–water partition coefficient (Wildman–Crippen LogP) is 0.289. The molecule has 4 aliphatic rings. The van der Waals surface area contributed by atoms with E-state index < -0.39 is 29.7 Å². The molecule has 4 heterocycles. The summed E-state index contributed by atoms with van der Waals surface area (Å²) in [7, 11) is 1.64. The number of likely N-dealkylation sites (tertiary alicyclic amines) is 1. The molecule has 2 N–H and O–H groups in total. The maximum Gasteiger partial charge on any atom is 0.262 e. The lowest BCUT2D eigenvalue weighted by atomic mass is 9.91. The van der Waals surface area contributed by atoms with Crippen molar-refractivity contribution in [1.29, 1.82) is 0 Å². The molecule has 3 fully saturated rings. The summed E-state index contributed by atoms with van der Waals surface area (Å²) in [6.07, 6.45) is 2.92. The van der Waals surface area contributed by atoms with Gasteiger partial charge in [-0.1, -0.05) is 0 Å². The Hall–Kier alpha value is -3.76. The average molecular weight is 510 g/mol. The van der Waals surface area contributed by atoms with Crippen LogP contribution in [0, 0.1) is 11.8 Å². The van der Waals surface area contributed by atoms with Crippen LogP contribution in [-0.4, -0.2) is 84.5 Å². The van der Waals surface area contributed by atoms with E-state index in [9.17, 15) is 28.8 Å². The number of piperidine rings is 3. The van der Waals surface area contributed by atoms with E-state index in [1.807, 2.05) is 4.90 Å². The Balaban J connectivity index is 1.20. The van der Waals surface area contributed by atoms with Crippen molar-refractivity contribution in [3.63, 3.8) is 0 Å². The lowest BCUT2D eigenvalue weighted by molar-refractivity contribution is -0.139. The number of nitrogens with zero attached hydrogens (tertiary/aromatic N) is 3. The highest BCUT2D eigenvalue weighted by Gasteiger charge is 2.45. The van der Waals surface area contributed by atoms with Crippen LogP contribution < -0.4 is 15.5 Å². The largest absolute Gasteiger partial charge is 0.371 e. The van der Waals surface area contributed by atoms with Gasteiger partial charge in [-0.2, -0.15) is 0 Å². The quantitative estimate of drug-likeness (QED) is 0.557. The van der Waals surface area contributed by atoms with E-state index in [-0.39, 0.29) is 47.6 Å². The number of fused-ring (bicyclic) bond motifs is 1. The number of hydrogen-bond acceptors (Lipinski definition) is 7. The fourth-order valence-corrected chi connectivity index (χ4v) is 5.86. The van der Waals surface area contributed by atoms with E-state index in [1.54, 1.807) is 25.2 Å². The highest BCUT2D eigenvalue weighted by atomic mass is 16.2. The van der Waals surface area contributed by atoms with Gasteiger partial charge in [-0.05, 0) is 50.3 Å². The first-order valence-corrected chi connectivity index (χ1v) is 12.9. The van der Waals surface area contributed by atoms with Crippen molar-refractivity contribution < 1.29 is 28.8 Å². The van der Waals surface area contributed by atoms with E-state index in [2.05, 4.69) is 15.5 Å². The minimum atomic E-state index is -0.989. The number of anilines is 1. The van der Waals surface area contributed by atoms with Gasteiger partial charge in [0.15, 0.2) is 0 Å². The second kappa shape index (κ2) is 9.95. The van der Waals surface area contributed by atoms with Crippen molar-refractivity contribution in [1.82, 2.24) is 20.4 Å². The number of nitrogens with one attached hydrogen (secondary N) is 2. The summed E-state index contributed by atoms with van der Waals surface area (Å²) < 4.78 is 0. The predicted molar refractivity (Wildman–Crippen MR) is 131 cm³/mol. The van der Waals surface area contributed by atoms with E-state index in [4.69, 9.17) is 0 Å². The first-order chi connectivity index (χ1) is 17.8. The lowest BCUT2D eigenvalue weighted by Crippen LogP contribution is -2.54. The molecule has 1 unspecified atom stereocenters. The van der Waals surface area contributed by atoms with Crippen molar-refractivity contribution in [2.75, 3.05) is 38.1 Å². The number of hydrogen-bond donors (Lipinski definition) is 2. The summed E-state index contributed by atoms with van der Waals surface area (Å²) in [4.78, 5) is 79.7. The van der Waals surface area contributed by atoms with Gasteiger partial charge in [0.1, 0.15) is 6.04 Å². The Kier molecular flexibility index (Phi) is 6.70. The lowest BCUT2D eigenvalue weighted by Gasteiger charge is -2.37. The van der Waals surface area contributed by atoms with Gasteiger partial charge in [0.2, 0.25) is 23.6 Å². The summed E-state index contributed by atoms with van der Waals surface area (Å²) in [5.74, 6) is -2.01. The summed E-state index contributed by atoms with van der Waals surface area (Å²) in [5.41, 5.74) is 1.30. The Morgan fingerprint density at radius 2 is 1.51 bits per heavy atom. The van der Waals surface area contributed by atoms with Crippen molar-refractivity contribution in [2.45, 2.75) is 44.6 Å². The number of rotatable bonds is 4. The number of imide groups is 2. The Morgan fingerprint density at radius 1 is 0.865 bits per heavy atom. The zero-order valence-corrected chi connectivity index (χ0v) is 20.8. The normalized spacial score (nSPS) is 23.3. The average Bonchev–Trinajstić information content (AvgIpc) is 3.17. The van der Waals surface area contributed by atoms with Crippen LogP contribution in [0.15, 0.2) is 18.2 Å². The van der Waals surface area contributed by atoms with Gasteiger partial charge in [-0.25, -0.2) is 0 Å². The maximum atomic E-state index is 13.1. The van der Waals surface area contributed by atoms with Gasteiger partial charge in [0.05, 0.1) is 11.1 Å². The molecule has 11 nitrogen and oxygen atoms in total. The summed E-state index contributed by atoms with van der Waals surface area (Å²) >= 11 is 0. The van der Waals surface area contributed by atoms with Gasteiger partial charge < -0.3 is 15.1 Å². The van der Waals surface area contributed by atoms with Crippen LogP contribution in [0.2, 0.25) is 0 Å². The number of carbonyl (C=O) groups is 6. The first-order valence-electron chi connectivity index (χ1n) is 12.9. The molecule has 1 aromatic carbocycles. The molecule has 4 aliphatic heterocycles. The fourth-order valence-electron chi connectivity index (χ4n) is 5.86. The minimum absolute atomic E-state index is 0.0313. The Bertz CT molecular complexity index is 1170. The molecule has 0 saturated carbocycles. The summed E-state index contributed by atoms with van der Waals surface area (Å²) in [5, 5.41) is 4.89. The molecule has 0 aromatic heterocycles. The Morgan fingerprint density at radius 3 is 2.16 bits per heavy atom. The molecule has 11 heteroatoms. The van der Waals surface area contributed by atoms with E-state index in [0.717, 1.165) is 10.6 Å². The van der Waals surface area contributed by atoms with Gasteiger partial charge in [-0.15, -0.1) is 0 Å². The molecule has 1 atom stereocenters. The monoisotopic (exact) mass is 509 g/mol. The van der Waals surface area contributed by atoms with E-state index >= 15 is 0 Å². The van der Waals surface area contributed by atoms with Gasteiger partial charge in [0.25, 0.3) is 11.8 Å². The zero-order valence-electron chi connectivity index (χ0n) is 20.8. The first kappa shape index (κ1) is 24.9. The highest BCUT2D eigenvalue weighted by Crippen LogP contribution is 2.32. The second-order valence-electron chi connectivity index (χ2n) is 10.2. The molecule has 6 amide bonds. The molecule has 1 aromatic rings. The number of amides is 6. The van der Waals surface area contributed by atoms with Crippen LogP contribution >= 0.6 is 0 Å². The SMILES string of the molecule is CNC(=O)C1CCN(C(=O)C2CCN(c3ccc4c(c3)C(=O)N(C3CCC(=O)NC3=O)C4=O)CC2)CC1. The third-order valence-corrected chi connectivity index (χ3v) is 8.06. The van der Waals surface area contributed by atoms with Gasteiger partial charge >= 0.3 is 0 Å². The standard InChI is InChI=1S/C26H31N5O6/c1-27-22(33)15-6-12-30(13-7-15)24(35)16-8-10-29(11-9-16)17-2-3-18-19(14-17)26(37)31(25(18)36)20-4-5-21(32)28-23(20)34/h2-3,14-16,20H,4-13H2,1H3,(H,27,33)(H,28,32,34). The van der Waals surface area contributed by atoms with Crippen LogP contribution in [0.25, 0.3) is 0 Å². The molecule has 3 saturated heterocycles. The van der Waals surface area contributed by atoms with Gasteiger partial charge in [-0.3, -0.25) is 39.0 Å². The molecular formula is C26H31N5O6. The highest BCUT2D eigenvalue weighted by molar-refractivity contribution is 6.23. The fraction of sp³-hybridized carbons (Fsp3) is 0.538. The van der Waals surface area contributed by atoms with Crippen molar-refractivity contribution >= 4 is 41.1 Å². The molecule has 196 valence electrons. The summed E-state index contributed by atoms with van der Waals surface area (Å²) in [6.45, 7) is 2.48. The molecule has 37 heavy (non-hydrogen) atoms. The van der Waals surface area contributed by atoms with Crippen molar-refractivity contribution in [3.05, 3.63) is 29.3 Å². The molecule has 0 bridgehead atoms. The number of benzene rings is 1. The van der Waals surface area contributed by atoms with Gasteiger partial charge in [0, 0.05) is 57.2 Å². The van der Waals surface area contributed by atoms with Crippen molar-refractivity contribution in [2.24, 2.45) is 11.8 Å².